The predicted molar refractivity (Wildman–Crippen MR) is 77.5 cm³/mol. The van der Waals surface area contributed by atoms with E-state index in [0.29, 0.717) is 11.5 Å². The fourth-order valence-electron chi connectivity index (χ4n) is 1.93. The van der Waals surface area contributed by atoms with Gasteiger partial charge in [-0.2, -0.15) is 5.10 Å². The molecule has 0 amide bonds. The molecule has 0 unspecified atom stereocenters. The van der Waals surface area contributed by atoms with Crippen molar-refractivity contribution in [3.63, 3.8) is 0 Å². The van der Waals surface area contributed by atoms with Gasteiger partial charge in [-0.15, -0.1) is 0 Å². The van der Waals surface area contributed by atoms with E-state index in [4.69, 9.17) is 22.7 Å². The van der Waals surface area contributed by atoms with Crippen LogP contribution in [0, 0.1) is 13.8 Å². The van der Waals surface area contributed by atoms with Crippen LogP contribution in [0.15, 0.2) is 18.2 Å². The van der Waals surface area contributed by atoms with Gasteiger partial charge in [-0.1, -0.05) is 12.2 Å². The van der Waals surface area contributed by atoms with Gasteiger partial charge in [0, 0.05) is 11.1 Å². The Morgan fingerprint density at radius 3 is 2.68 bits per heavy atom. The summed E-state index contributed by atoms with van der Waals surface area (Å²) in [6, 6.07) is 5.64. The van der Waals surface area contributed by atoms with Crippen LogP contribution in [-0.2, 0) is 6.54 Å². The molecule has 2 N–H and O–H groups in total. The average molecular weight is 276 g/mol. The van der Waals surface area contributed by atoms with Crippen LogP contribution in [0.3, 0.4) is 0 Å². The minimum absolute atomic E-state index is 0.371. The van der Waals surface area contributed by atoms with Crippen molar-refractivity contribution in [2.45, 2.75) is 20.4 Å². The van der Waals surface area contributed by atoms with Gasteiger partial charge in [0.1, 0.15) is 22.4 Å². The number of nitrogens with zero attached hydrogens (tertiary/aromatic N) is 3. The summed E-state index contributed by atoms with van der Waals surface area (Å²) >= 11 is 5.00. The molecule has 0 saturated heterocycles. The second kappa shape index (κ2) is 5.36. The van der Waals surface area contributed by atoms with Crippen molar-refractivity contribution in [3.8, 4) is 5.75 Å². The molecule has 5 nitrogen and oxygen atoms in total. The maximum absolute atomic E-state index is 5.66. The summed E-state index contributed by atoms with van der Waals surface area (Å²) < 4.78 is 7.18. The molecule has 2 rings (SSSR count). The van der Waals surface area contributed by atoms with Gasteiger partial charge in [-0.05, 0) is 32.0 Å². The van der Waals surface area contributed by atoms with Gasteiger partial charge in [-0.25, -0.2) is 9.67 Å². The molecule has 0 bridgehead atoms. The van der Waals surface area contributed by atoms with Crippen LogP contribution in [0.4, 0.5) is 0 Å². The molecule has 1 heterocycles. The number of thiocarbonyl (C=S) groups is 1. The van der Waals surface area contributed by atoms with Crippen molar-refractivity contribution >= 4 is 17.2 Å². The Bertz CT molecular complexity index is 621. The normalized spacial score (nSPS) is 10.5. The van der Waals surface area contributed by atoms with Gasteiger partial charge in [0.05, 0.1) is 13.7 Å². The third-order valence-electron chi connectivity index (χ3n) is 2.85. The fourth-order valence-corrected chi connectivity index (χ4v) is 2.05. The molecule has 0 saturated carbocycles. The molecule has 0 aliphatic rings. The van der Waals surface area contributed by atoms with Crippen molar-refractivity contribution in [3.05, 3.63) is 41.0 Å². The molecule has 0 aliphatic carbocycles. The summed E-state index contributed by atoms with van der Waals surface area (Å²) in [6.07, 6.45) is 0. The zero-order chi connectivity index (χ0) is 14.0. The highest BCUT2D eigenvalue weighted by Crippen LogP contribution is 2.21. The molecular weight excluding hydrogens is 260 g/mol. The van der Waals surface area contributed by atoms with E-state index >= 15 is 0 Å². The smallest absolute Gasteiger partial charge is 0.147 e. The van der Waals surface area contributed by atoms with Crippen LogP contribution < -0.4 is 10.5 Å². The van der Waals surface area contributed by atoms with E-state index in [2.05, 4.69) is 10.1 Å². The third-order valence-corrected chi connectivity index (χ3v) is 3.08. The lowest BCUT2D eigenvalue weighted by molar-refractivity contribution is 0.407. The Morgan fingerprint density at radius 2 is 2.16 bits per heavy atom. The summed E-state index contributed by atoms with van der Waals surface area (Å²) in [7, 11) is 1.64. The van der Waals surface area contributed by atoms with Gasteiger partial charge in [-0.3, -0.25) is 0 Å². The van der Waals surface area contributed by atoms with E-state index in [0.717, 1.165) is 28.5 Å². The summed E-state index contributed by atoms with van der Waals surface area (Å²) in [5.41, 5.74) is 7.45. The van der Waals surface area contributed by atoms with Crippen molar-refractivity contribution in [1.82, 2.24) is 14.8 Å². The zero-order valence-electron chi connectivity index (χ0n) is 11.2. The molecule has 0 aliphatic heterocycles. The van der Waals surface area contributed by atoms with E-state index in [1.807, 2.05) is 36.7 Å². The SMILES string of the molecule is COc1ccc(C(N)=S)cc1Cn1nc(C)nc1C. The summed E-state index contributed by atoms with van der Waals surface area (Å²) in [5.74, 6) is 2.40. The zero-order valence-corrected chi connectivity index (χ0v) is 12.0. The third kappa shape index (κ3) is 2.90. The molecule has 0 atom stereocenters. The van der Waals surface area contributed by atoms with Gasteiger partial charge in [0.25, 0.3) is 0 Å². The first-order valence-corrected chi connectivity index (χ1v) is 6.27. The first-order valence-electron chi connectivity index (χ1n) is 5.86. The Labute approximate surface area is 117 Å². The molecule has 1 aromatic carbocycles. The topological polar surface area (TPSA) is 66.0 Å². The van der Waals surface area contributed by atoms with Gasteiger partial charge >= 0.3 is 0 Å². The molecule has 0 spiro atoms. The van der Waals surface area contributed by atoms with Crippen LogP contribution in [0.5, 0.6) is 5.75 Å². The molecule has 0 fully saturated rings. The van der Waals surface area contributed by atoms with Gasteiger partial charge < -0.3 is 10.5 Å². The van der Waals surface area contributed by atoms with Crippen LogP contribution in [0.25, 0.3) is 0 Å². The second-order valence-corrected chi connectivity index (χ2v) is 4.69. The molecule has 19 heavy (non-hydrogen) atoms. The van der Waals surface area contributed by atoms with Crippen molar-refractivity contribution in [2.24, 2.45) is 5.73 Å². The molecule has 1 aromatic heterocycles. The maximum Gasteiger partial charge on any atom is 0.147 e. The summed E-state index contributed by atoms with van der Waals surface area (Å²) in [6.45, 7) is 4.36. The van der Waals surface area contributed by atoms with Crippen molar-refractivity contribution in [1.29, 1.82) is 0 Å². The lowest BCUT2D eigenvalue weighted by Gasteiger charge is -2.11. The number of rotatable bonds is 4. The van der Waals surface area contributed by atoms with Crippen molar-refractivity contribution < 1.29 is 4.74 Å². The van der Waals surface area contributed by atoms with Crippen LogP contribution in [-0.4, -0.2) is 26.9 Å². The molecule has 100 valence electrons. The molecule has 2 aromatic rings. The Morgan fingerprint density at radius 1 is 1.42 bits per heavy atom. The largest absolute Gasteiger partial charge is 0.496 e. The molecule has 0 radical (unpaired) electrons. The van der Waals surface area contributed by atoms with Crippen LogP contribution in [0.2, 0.25) is 0 Å². The van der Waals surface area contributed by atoms with Gasteiger partial charge in [0.15, 0.2) is 0 Å². The maximum atomic E-state index is 5.66. The lowest BCUT2D eigenvalue weighted by Crippen LogP contribution is -2.11. The average Bonchev–Trinajstić information content (AvgIpc) is 2.67. The van der Waals surface area contributed by atoms with Crippen LogP contribution >= 0.6 is 12.2 Å². The fraction of sp³-hybridized carbons (Fsp3) is 0.308. The van der Waals surface area contributed by atoms with E-state index in [1.54, 1.807) is 7.11 Å². The number of aryl methyl sites for hydroxylation is 2. The summed E-state index contributed by atoms with van der Waals surface area (Å²) in [5, 5.41) is 4.34. The van der Waals surface area contributed by atoms with E-state index in [9.17, 15) is 0 Å². The molecule has 6 heteroatoms. The first-order chi connectivity index (χ1) is 9.01. The highest BCUT2D eigenvalue weighted by molar-refractivity contribution is 7.80. The van der Waals surface area contributed by atoms with E-state index < -0.39 is 0 Å². The van der Waals surface area contributed by atoms with Crippen molar-refractivity contribution in [2.75, 3.05) is 7.11 Å². The number of methoxy groups -OCH3 is 1. The first kappa shape index (κ1) is 13.5. The number of nitrogens with two attached hydrogens (primary N) is 1. The quantitative estimate of drug-likeness (QED) is 0.859. The number of ether oxygens (including phenoxy) is 1. The number of benzene rings is 1. The lowest BCUT2D eigenvalue weighted by atomic mass is 10.1. The summed E-state index contributed by atoms with van der Waals surface area (Å²) in [4.78, 5) is 4.65. The van der Waals surface area contributed by atoms with E-state index in [-0.39, 0.29) is 0 Å². The second-order valence-electron chi connectivity index (χ2n) is 4.25. The monoisotopic (exact) mass is 276 g/mol. The molecular formula is C13H16N4OS. The standard InChI is InChI=1S/C13H16N4OS/c1-8-15-9(2)17(16-8)7-11-6-10(13(14)19)4-5-12(11)18-3/h4-6H,7H2,1-3H3,(H2,14,19). The minimum atomic E-state index is 0.371. The Kier molecular flexibility index (Phi) is 3.80. The Hall–Kier alpha value is -1.95. The minimum Gasteiger partial charge on any atom is -0.496 e. The van der Waals surface area contributed by atoms with Gasteiger partial charge in [0.2, 0.25) is 0 Å². The number of hydrogen-bond donors (Lipinski definition) is 1. The predicted octanol–water partition coefficient (Wildman–Crippen LogP) is 1.59. The Balaban J connectivity index is 2.39. The van der Waals surface area contributed by atoms with Crippen LogP contribution in [0.1, 0.15) is 22.8 Å². The number of hydrogen-bond acceptors (Lipinski definition) is 4. The highest BCUT2D eigenvalue weighted by Gasteiger charge is 2.09. The number of aromatic nitrogens is 3. The van der Waals surface area contributed by atoms with E-state index in [1.165, 1.54) is 0 Å². The highest BCUT2D eigenvalue weighted by atomic mass is 32.1.